The minimum Gasteiger partial charge on any atom is -0.459 e. The van der Waals surface area contributed by atoms with Crippen LogP contribution in [-0.2, 0) is 6.54 Å². The summed E-state index contributed by atoms with van der Waals surface area (Å²) < 4.78 is 5.98. The lowest BCUT2D eigenvalue weighted by Crippen LogP contribution is -2.48. The maximum Gasteiger partial charge on any atom is 0.191 e. The van der Waals surface area contributed by atoms with Crippen molar-refractivity contribution in [2.24, 2.45) is 4.99 Å². The number of aryl methyl sites for hydroxylation is 1. The largest absolute Gasteiger partial charge is 0.459 e. The van der Waals surface area contributed by atoms with Gasteiger partial charge in [-0.25, -0.2) is 0 Å². The SMILES string of the molecule is CN=C(NCc1oc2ccccc2c1C)NC1CCN(C2CC2)CC1. The van der Waals surface area contributed by atoms with Crippen molar-refractivity contribution in [3.05, 3.63) is 35.6 Å². The molecule has 0 atom stereocenters. The summed E-state index contributed by atoms with van der Waals surface area (Å²) in [5.74, 6) is 1.84. The van der Waals surface area contributed by atoms with Crippen LogP contribution in [-0.4, -0.2) is 43.1 Å². The molecule has 25 heavy (non-hydrogen) atoms. The molecule has 5 nitrogen and oxygen atoms in total. The van der Waals surface area contributed by atoms with E-state index in [1.54, 1.807) is 0 Å². The van der Waals surface area contributed by atoms with Gasteiger partial charge in [0, 0.05) is 43.2 Å². The Kier molecular flexibility index (Phi) is 4.66. The lowest BCUT2D eigenvalue weighted by molar-refractivity contribution is 0.197. The fourth-order valence-electron chi connectivity index (χ4n) is 3.79. The molecule has 0 radical (unpaired) electrons. The monoisotopic (exact) mass is 340 g/mol. The van der Waals surface area contributed by atoms with Crippen molar-refractivity contribution in [2.75, 3.05) is 20.1 Å². The molecule has 0 amide bonds. The number of hydrogen-bond donors (Lipinski definition) is 2. The van der Waals surface area contributed by atoms with Gasteiger partial charge in [-0.2, -0.15) is 0 Å². The molecular weight excluding hydrogens is 312 g/mol. The van der Waals surface area contributed by atoms with Crippen LogP contribution in [0.4, 0.5) is 0 Å². The van der Waals surface area contributed by atoms with Gasteiger partial charge in [0.1, 0.15) is 11.3 Å². The molecule has 2 aliphatic rings. The summed E-state index contributed by atoms with van der Waals surface area (Å²) in [6, 6.07) is 9.59. The van der Waals surface area contributed by atoms with E-state index in [1.165, 1.54) is 49.7 Å². The average molecular weight is 340 g/mol. The number of rotatable bonds is 4. The molecule has 1 saturated carbocycles. The van der Waals surface area contributed by atoms with E-state index in [0.29, 0.717) is 12.6 Å². The molecule has 0 bridgehead atoms. The predicted molar refractivity (Wildman–Crippen MR) is 102 cm³/mol. The zero-order valence-electron chi connectivity index (χ0n) is 15.2. The number of furan rings is 1. The third-order valence-electron chi connectivity index (χ3n) is 5.52. The van der Waals surface area contributed by atoms with Gasteiger partial charge >= 0.3 is 0 Å². The van der Waals surface area contributed by atoms with Gasteiger partial charge in [-0.1, -0.05) is 18.2 Å². The average Bonchev–Trinajstić information content (AvgIpc) is 3.45. The number of guanidine groups is 1. The van der Waals surface area contributed by atoms with Crippen molar-refractivity contribution in [1.29, 1.82) is 0 Å². The summed E-state index contributed by atoms with van der Waals surface area (Å²) in [7, 11) is 1.83. The molecule has 4 rings (SSSR count). The number of benzene rings is 1. The highest BCUT2D eigenvalue weighted by Gasteiger charge is 2.31. The minimum atomic E-state index is 0.512. The molecule has 1 aromatic carbocycles. The summed E-state index contributed by atoms with van der Waals surface area (Å²) in [5.41, 5.74) is 2.16. The van der Waals surface area contributed by atoms with Crippen molar-refractivity contribution >= 4 is 16.9 Å². The van der Waals surface area contributed by atoms with E-state index in [-0.39, 0.29) is 0 Å². The second-order valence-electron chi connectivity index (χ2n) is 7.26. The summed E-state index contributed by atoms with van der Waals surface area (Å²) in [6.45, 7) is 5.19. The van der Waals surface area contributed by atoms with Gasteiger partial charge in [-0.05, 0) is 38.7 Å². The van der Waals surface area contributed by atoms with Crippen molar-refractivity contribution in [3.8, 4) is 0 Å². The first-order valence-corrected chi connectivity index (χ1v) is 9.43. The van der Waals surface area contributed by atoms with Crippen molar-refractivity contribution in [1.82, 2.24) is 15.5 Å². The molecule has 2 N–H and O–H groups in total. The molecule has 0 unspecified atom stereocenters. The van der Waals surface area contributed by atoms with Crippen molar-refractivity contribution < 1.29 is 4.42 Å². The van der Waals surface area contributed by atoms with Crippen LogP contribution in [0, 0.1) is 6.92 Å². The van der Waals surface area contributed by atoms with Gasteiger partial charge in [0.25, 0.3) is 0 Å². The second-order valence-corrected chi connectivity index (χ2v) is 7.26. The highest BCUT2D eigenvalue weighted by Crippen LogP contribution is 2.29. The number of nitrogens with zero attached hydrogens (tertiary/aromatic N) is 2. The maximum absolute atomic E-state index is 5.98. The Morgan fingerprint density at radius 3 is 2.64 bits per heavy atom. The maximum atomic E-state index is 5.98. The number of hydrogen-bond acceptors (Lipinski definition) is 3. The Hall–Kier alpha value is -2.01. The topological polar surface area (TPSA) is 52.8 Å². The Morgan fingerprint density at radius 1 is 1.20 bits per heavy atom. The van der Waals surface area contributed by atoms with Crippen molar-refractivity contribution in [2.45, 2.75) is 51.2 Å². The van der Waals surface area contributed by atoms with Crippen molar-refractivity contribution in [3.63, 3.8) is 0 Å². The third kappa shape index (κ3) is 3.66. The first kappa shape index (κ1) is 16.5. The summed E-state index contributed by atoms with van der Waals surface area (Å²) in [5, 5.41) is 8.18. The third-order valence-corrected chi connectivity index (χ3v) is 5.52. The van der Waals surface area contributed by atoms with Crippen LogP contribution in [0.3, 0.4) is 0 Å². The van der Waals surface area contributed by atoms with Crippen LogP contribution in [0.5, 0.6) is 0 Å². The van der Waals surface area contributed by atoms with Gasteiger partial charge in [0.15, 0.2) is 5.96 Å². The van der Waals surface area contributed by atoms with E-state index in [0.717, 1.165) is 23.3 Å². The summed E-state index contributed by atoms with van der Waals surface area (Å²) >= 11 is 0. The number of aliphatic imine (C=N–C) groups is 1. The van der Waals surface area contributed by atoms with Crippen LogP contribution < -0.4 is 10.6 Å². The van der Waals surface area contributed by atoms with Gasteiger partial charge < -0.3 is 20.0 Å². The minimum absolute atomic E-state index is 0.512. The van der Waals surface area contributed by atoms with Gasteiger partial charge in [0.05, 0.1) is 6.54 Å². The van der Waals surface area contributed by atoms with E-state index >= 15 is 0 Å². The number of nitrogens with one attached hydrogen (secondary N) is 2. The zero-order valence-corrected chi connectivity index (χ0v) is 15.2. The van der Waals surface area contributed by atoms with Gasteiger partial charge in [0.2, 0.25) is 0 Å². The Bertz CT molecular complexity index is 754. The molecule has 1 aliphatic carbocycles. The van der Waals surface area contributed by atoms with E-state index in [1.807, 2.05) is 19.2 Å². The highest BCUT2D eigenvalue weighted by atomic mass is 16.3. The smallest absolute Gasteiger partial charge is 0.191 e. The Labute approximate surface area is 149 Å². The van der Waals surface area contributed by atoms with Crippen LogP contribution in [0.1, 0.15) is 37.0 Å². The highest BCUT2D eigenvalue weighted by molar-refractivity contribution is 5.83. The van der Waals surface area contributed by atoms with E-state index in [9.17, 15) is 0 Å². The summed E-state index contributed by atoms with van der Waals surface area (Å²) in [4.78, 5) is 7.03. The van der Waals surface area contributed by atoms with Gasteiger partial charge in [-0.15, -0.1) is 0 Å². The van der Waals surface area contributed by atoms with Gasteiger partial charge in [-0.3, -0.25) is 4.99 Å². The second kappa shape index (κ2) is 7.08. The molecule has 1 aromatic heterocycles. The lowest BCUT2D eigenvalue weighted by Gasteiger charge is -2.33. The van der Waals surface area contributed by atoms with E-state index in [2.05, 4.69) is 39.6 Å². The van der Waals surface area contributed by atoms with Crippen LogP contribution >= 0.6 is 0 Å². The first-order chi connectivity index (χ1) is 12.2. The van der Waals surface area contributed by atoms with E-state index < -0.39 is 0 Å². The fourth-order valence-corrected chi connectivity index (χ4v) is 3.79. The molecule has 0 spiro atoms. The first-order valence-electron chi connectivity index (χ1n) is 9.43. The number of fused-ring (bicyclic) bond motifs is 1. The lowest BCUT2D eigenvalue weighted by atomic mass is 10.1. The summed E-state index contributed by atoms with van der Waals surface area (Å²) in [6.07, 6.45) is 5.19. The quantitative estimate of drug-likeness (QED) is 0.663. The Balaban J connectivity index is 1.32. The van der Waals surface area contributed by atoms with Crippen LogP contribution in [0.25, 0.3) is 11.0 Å². The molecule has 1 aliphatic heterocycles. The molecule has 134 valence electrons. The zero-order chi connectivity index (χ0) is 17.2. The Morgan fingerprint density at radius 2 is 1.96 bits per heavy atom. The number of para-hydroxylation sites is 1. The number of piperidine rings is 1. The van der Waals surface area contributed by atoms with Crippen LogP contribution in [0.15, 0.2) is 33.7 Å². The molecular formula is C20H28N4O. The number of likely N-dealkylation sites (tertiary alicyclic amines) is 1. The molecule has 2 heterocycles. The molecule has 2 aromatic rings. The van der Waals surface area contributed by atoms with Crippen LogP contribution in [0.2, 0.25) is 0 Å². The molecule has 5 heteroatoms. The molecule has 1 saturated heterocycles. The standard InChI is InChI=1S/C20H28N4O/c1-14-17-5-3-4-6-18(17)25-19(14)13-22-20(21-2)23-15-9-11-24(12-10-15)16-7-8-16/h3-6,15-16H,7-13H2,1-2H3,(H2,21,22,23). The normalized spacial score (nSPS) is 20.2. The van der Waals surface area contributed by atoms with E-state index in [4.69, 9.17) is 4.42 Å². The molecule has 2 fully saturated rings. The predicted octanol–water partition coefficient (Wildman–Crippen LogP) is 3.03. The fraction of sp³-hybridized carbons (Fsp3) is 0.550.